The van der Waals surface area contributed by atoms with Gasteiger partial charge >= 0.3 is 0 Å². The largest absolute Gasteiger partial charge is 0.506 e. The van der Waals surface area contributed by atoms with Crippen molar-refractivity contribution < 1.29 is 5.11 Å². The third-order valence-electron chi connectivity index (χ3n) is 3.84. The second-order valence-electron chi connectivity index (χ2n) is 5.29. The van der Waals surface area contributed by atoms with Gasteiger partial charge in [-0.25, -0.2) is 0 Å². The maximum Gasteiger partial charge on any atom is 0.193 e. The van der Waals surface area contributed by atoms with E-state index in [0.717, 1.165) is 50.8 Å². The number of benzene rings is 1. The lowest BCUT2D eigenvalue weighted by atomic mass is 10.2. The normalized spacial score (nSPS) is 16.4. The van der Waals surface area contributed by atoms with Crippen molar-refractivity contribution in [1.29, 1.82) is 0 Å². The molecule has 0 atom stereocenters. The second-order valence-corrected chi connectivity index (χ2v) is 5.29. The van der Waals surface area contributed by atoms with E-state index in [1.54, 1.807) is 6.07 Å². The number of phenols is 1. The molecule has 5 heteroatoms. The summed E-state index contributed by atoms with van der Waals surface area (Å²) in [7, 11) is 1.83. The molecule has 0 bridgehead atoms. The van der Waals surface area contributed by atoms with Crippen molar-refractivity contribution in [3.63, 3.8) is 0 Å². The molecule has 0 aliphatic carbocycles. The van der Waals surface area contributed by atoms with Gasteiger partial charge in [0.2, 0.25) is 0 Å². The summed E-state index contributed by atoms with van der Waals surface area (Å²) < 4.78 is 0. The number of hydrogen-bond acceptors (Lipinski definition) is 3. The van der Waals surface area contributed by atoms with Crippen LogP contribution in [0.3, 0.4) is 0 Å². The summed E-state index contributed by atoms with van der Waals surface area (Å²) in [5, 5.41) is 13.3. The van der Waals surface area contributed by atoms with E-state index in [4.69, 9.17) is 0 Å². The van der Waals surface area contributed by atoms with Crippen molar-refractivity contribution in [2.75, 3.05) is 44.7 Å². The number of allylic oxidation sites excluding steroid dienone is 1. The molecule has 1 aliphatic rings. The Hall–Kier alpha value is -2.17. The number of nitrogens with one attached hydrogen (secondary N) is 1. The van der Waals surface area contributed by atoms with E-state index in [1.165, 1.54) is 0 Å². The highest BCUT2D eigenvalue weighted by molar-refractivity contribution is 5.80. The third kappa shape index (κ3) is 4.16. The second kappa shape index (κ2) is 8.32. The van der Waals surface area contributed by atoms with Crippen LogP contribution in [0.4, 0.5) is 5.69 Å². The third-order valence-corrected chi connectivity index (χ3v) is 3.84. The zero-order chi connectivity index (χ0) is 15.8. The fourth-order valence-electron chi connectivity index (χ4n) is 2.66. The predicted octanol–water partition coefficient (Wildman–Crippen LogP) is 2.06. The molecule has 2 N–H and O–H groups in total. The van der Waals surface area contributed by atoms with Gasteiger partial charge in [0.25, 0.3) is 0 Å². The number of phenolic OH excluding ortho intramolecular Hbond substituents is 1. The van der Waals surface area contributed by atoms with Crippen LogP contribution in [0.5, 0.6) is 5.75 Å². The van der Waals surface area contributed by atoms with Gasteiger partial charge in [-0.2, -0.15) is 0 Å². The van der Waals surface area contributed by atoms with Gasteiger partial charge < -0.3 is 20.2 Å². The van der Waals surface area contributed by atoms with Crippen molar-refractivity contribution >= 4 is 11.6 Å². The average molecular weight is 302 g/mol. The smallest absolute Gasteiger partial charge is 0.193 e. The van der Waals surface area contributed by atoms with Crippen LogP contribution in [0, 0.1) is 0 Å². The van der Waals surface area contributed by atoms with Crippen molar-refractivity contribution in [1.82, 2.24) is 10.2 Å². The van der Waals surface area contributed by atoms with Crippen LogP contribution in [0.25, 0.3) is 0 Å². The summed E-state index contributed by atoms with van der Waals surface area (Å²) in [6.07, 6.45) is 5.22. The fraction of sp³-hybridized carbons (Fsp3) is 0.471. The molecule has 0 spiro atoms. The maximum absolute atomic E-state index is 9.95. The van der Waals surface area contributed by atoms with Gasteiger partial charge in [0.1, 0.15) is 5.75 Å². The number of aliphatic imine (C=N–C) groups is 1. The SMILES string of the molecule is C/C=C/CCNC(=NC)N1CCN(c2ccccc2O)CC1. The van der Waals surface area contributed by atoms with Crippen LogP contribution in [-0.2, 0) is 0 Å². The molecule has 1 aromatic rings. The first kappa shape index (κ1) is 16.2. The van der Waals surface area contributed by atoms with E-state index >= 15 is 0 Å². The van der Waals surface area contributed by atoms with E-state index < -0.39 is 0 Å². The van der Waals surface area contributed by atoms with E-state index in [1.807, 2.05) is 32.2 Å². The first-order chi connectivity index (χ1) is 10.8. The molecule has 22 heavy (non-hydrogen) atoms. The highest BCUT2D eigenvalue weighted by atomic mass is 16.3. The fourth-order valence-corrected chi connectivity index (χ4v) is 2.66. The van der Waals surface area contributed by atoms with E-state index in [-0.39, 0.29) is 0 Å². The molecule has 120 valence electrons. The summed E-state index contributed by atoms with van der Waals surface area (Å²) in [5.41, 5.74) is 0.915. The molecule has 1 fully saturated rings. The first-order valence-electron chi connectivity index (χ1n) is 7.86. The maximum atomic E-state index is 9.95. The summed E-state index contributed by atoms with van der Waals surface area (Å²) in [4.78, 5) is 8.86. The lowest BCUT2D eigenvalue weighted by molar-refractivity contribution is 0.370. The molecular weight excluding hydrogens is 276 g/mol. The Balaban J connectivity index is 1.87. The highest BCUT2D eigenvalue weighted by Crippen LogP contribution is 2.27. The molecular formula is C17H26N4O. The molecule has 1 saturated heterocycles. The van der Waals surface area contributed by atoms with Crippen molar-refractivity contribution in [2.24, 2.45) is 4.99 Å². The van der Waals surface area contributed by atoms with Crippen molar-refractivity contribution in [3.8, 4) is 5.75 Å². The topological polar surface area (TPSA) is 51.1 Å². The van der Waals surface area contributed by atoms with Gasteiger partial charge in [0, 0.05) is 39.8 Å². The number of hydrogen-bond donors (Lipinski definition) is 2. The summed E-state index contributed by atoms with van der Waals surface area (Å²) in [6, 6.07) is 7.52. The minimum Gasteiger partial charge on any atom is -0.506 e. The van der Waals surface area contributed by atoms with Crippen LogP contribution in [-0.4, -0.2) is 55.7 Å². The van der Waals surface area contributed by atoms with Gasteiger partial charge in [0.15, 0.2) is 5.96 Å². The monoisotopic (exact) mass is 302 g/mol. The molecule has 1 heterocycles. The summed E-state index contributed by atoms with van der Waals surface area (Å²) in [5.74, 6) is 1.31. The minimum atomic E-state index is 0.352. The van der Waals surface area contributed by atoms with Crippen molar-refractivity contribution in [2.45, 2.75) is 13.3 Å². The predicted molar refractivity (Wildman–Crippen MR) is 92.7 cm³/mol. The molecule has 1 aliphatic heterocycles. The minimum absolute atomic E-state index is 0.352. The zero-order valence-corrected chi connectivity index (χ0v) is 13.5. The number of para-hydroxylation sites is 2. The van der Waals surface area contributed by atoms with Crippen molar-refractivity contribution in [3.05, 3.63) is 36.4 Å². The Labute approximate surface area is 133 Å². The molecule has 0 radical (unpaired) electrons. The Morgan fingerprint density at radius 1 is 1.27 bits per heavy atom. The molecule has 2 rings (SSSR count). The van der Waals surface area contributed by atoms with E-state index in [9.17, 15) is 5.11 Å². The number of anilines is 1. The van der Waals surface area contributed by atoms with Crippen LogP contribution in [0.2, 0.25) is 0 Å². The number of aromatic hydroxyl groups is 1. The summed E-state index contributed by atoms with van der Waals surface area (Å²) >= 11 is 0. The van der Waals surface area contributed by atoms with E-state index in [2.05, 4.69) is 32.3 Å². The van der Waals surface area contributed by atoms with Crippen LogP contribution in [0.15, 0.2) is 41.4 Å². The standard InChI is InChI=1S/C17H26N4O/c1-3-4-7-10-19-17(18-2)21-13-11-20(12-14-21)15-8-5-6-9-16(15)22/h3-6,8-9,22H,7,10-14H2,1-2H3,(H,18,19)/b4-3+. The first-order valence-corrected chi connectivity index (χ1v) is 7.86. The summed E-state index contributed by atoms with van der Waals surface area (Å²) in [6.45, 7) is 6.50. The van der Waals surface area contributed by atoms with Gasteiger partial charge in [-0.3, -0.25) is 4.99 Å². The van der Waals surface area contributed by atoms with Crippen LogP contribution < -0.4 is 10.2 Å². The van der Waals surface area contributed by atoms with Gasteiger partial charge in [-0.1, -0.05) is 24.3 Å². The van der Waals surface area contributed by atoms with E-state index in [0.29, 0.717) is 5.75 Å². The molecule has 1 aromatic carbocycles. The number of guanidine groups is 1. The molecule has 0 unspecified atom stereocenters. The number of piperazine rings is 1. The van der Waals surface area contributed by atoms with Gasteiger partial charge in [-0.15, -0.1) is 0 Å². The Bertz CT molecular complexity index is 519. The van der Waals surface area contributed by atoms with Crippen LogP contribution in [0.1, 0.15) is 13.3 Å². The molecule has 0 saturated carbocycles. The zero-order valence-electron chi connectivity index (χ0n) is 13.5. The Morgan fingerprint density at radius 3 is 2.64 bits per heavy atom. The van der Waals surface area contributed by atoms with Crippen LogP contribution >= 0.6 is 0 Å². The Kier molecular flexibility index (Phi) is 6.13. The lowest BCUT2D eigenvalue weighted by Crippen LogP contribution is -2.52. The molecule has 0 amide bonds. The van der Waals surface area contributed by atoms with Gasteiger partial charge in [-0.05, 0) is 25.5 Å². The highest BCUT2D eigenvalue weighted by Gasteiger charge is 2.20. The molecule has 5 nitrogen and oxygen atoms in total. The van der Waals surface area contributed by atoms with Gasteiger partial charge in [0.05, 0.1) is 5.69 Å². The Morgan fingerprint density at radius 2 is 2.00 bits per heavy atom. The molecule has 0 aromatic heterocycles. The quantitative estimate of drug-likeness (QED) is 0.387. The average Bonchev–Trinajstić information content (AvgIpc) is 2.56. The number of nitrogens with zero attached hydrogens (tertiary/aromatic N) is 3. The lowest BCUT2D eigenvalue weighted by Gasteiger charge is -2.37. The number of rotatable bonds is 4.